The molecule has 0 radical (unpaired) electrons. The zero-order chi connectivity index (χ0) is 13.3. The van der Waals surface area contributed by atoms with Crippen LogP contribution in [0.1, 0.15) is 67.2 Å². The molecule has 0 aliphatic carbocycles. The highest BCUT2D eigenvalue weighted by atomic mass is 32.2. The quantitative estimate of drug-likeness (QED) is 0.643. The molecule has 17 heavy (non-hydrogen) atoms. The summed E-state index contributed by atoms with van der Waals surface area (Å²) < 4.78 is 0.389. The molecule has 0 aromatic heterocycles. The lowest BCUT2D eigenvalue weighted by atomic mass is 9.98. The maximum atomic E-state index is 3.71. The molecule has 0 saturated heterocycles. The summed E-state index contributed by atoms with van der Waals surface area (Å²) in [5.41, 5.74) is 0. The molecule has 0 aromatic carbocycles. The molecule has 0 fully saturated rings. The van der Waals surface area contributed by atoms with Crippen molar-refractivity contribution in [3.63, 3.8) is 0 Å². The van der Waals surface area contributed by atoms with Gasteiger partial charge in [0.15, 0.2) is 0 Å². The summed E-state index contributed by atoms with van der Waals surface area (Å²) in [7, 11) is 0. The SMILES string of the molecule is CCCNC(CSC(C)(C)C)CC(C)CCC. The van der Waals surface area contributed by atoms with Gasteiger partial charge in [-0.1, -0.05) is 54.4 Å². The van der Waals surface area contributed by atoms with E-state index in [2.05, 4.69) is 58.6 Å². The molecular formula is C15H33NS. The van der Waals surface area contributed by atoms with Crippen LogP contribution in [0.5, 0.6) is 0 Å². The molecule has 2 unspecified atom stereocenters. The normalized spacial score (nSPS) is 15.9. The number of rotatable bonds is 9. The minimum absolute atomic E-state index is 0.389. The van der Waals surface area contributed by atoms with Crippen molar-refractivity contribution in [3.8, 4) is 0 Å². The molecule has 104 valence electrons. The van der Waals surface area contributed by atoms with Gasteiger partial charge in [-0.05, 0) is 25.3 Å². The second kappa shape index (κ2) is 9.27. The smallest absolute Gasteiger partial charge is 0.0160 e. The molecule has 0 bridgehead atoms. The highest BCUT2D eigenvalue weighted by molar-refractivity contribution is 8.00. The van der Waals surface area contributed by atoms with Crippen molar-refractivity contribution in [2.24, 2.45) is 5.92 Å². The van der Waals surface area contributed by atoms with E-state index >= 15 is 0 Å². The van der Waals surface area contributed by atoms with Gasteiger partial charge in [-0.25, -0.2) is 0 Å². The van der Waals surface area contributed by atoms with E-state index in [1.54, 1.807) is 0 Å². The zero-order valence-electron chi connectivity index (χ0n) is 12.8. The van der Waals surface area contributed by atoms with Gasteiger partial charge in [0.05, 0.1) is 0 Å². The summed E-state index contributed by atoms with van der Waals surface area (Å²) in [5, 5.41) is 3.71. The first-order chi connectivity index (χ1) is 7.89. The Labute approximate surface area is 114 Å². The third-order valence-electron chi connectivity index (χ3n) is 2.87. The molecule has 0 rings (SSSR count). The average molecular weight is 260 g/mol. The lowest BCUT2D eigenvalue weighted by molar-refractivity contribution is 0.403. The molecule has 0 spiro atoms. The third-order valence-corrected chi connectivity index (χ3v) is 4.30. The number of hydrogen-bond donors (Lipinski definition) is 1. The van der Waals surface area contributed by atoms with Crippen LogP contribution in [0.2, 0.25) is 0 Å². The lowest BCUT2D eigenvalue weighted by Gasteiger charge is -2.26. The van der Waals surface area contributed by atoms with Gasteiger partial charge in [-0.2, -0.15) is 11.8 Å². The van der Waals surface area contributed by atoms with Crippen LogP contribution >= 0.6 is 11.8 Å². The second-order valence-corrected chi connectivity index (χ2v) is 8.05. The maximum Gasteiger partial charge on any atom is 0.0160 e. The minimum Gasteiger partial charge on any atom is -0.313 e. The van der Waals surface area contributed by atoms with Gasteiger partial charge in [0.2, 0.25) is 0 Å². The van der Waals surface area contributed by atoms with Gasteiger partial charge in [-0.3, -0.25) is 0 Å². The van der Waals surface area contributed by atoms with E-state index < -0.39 is 0 Å². The van der Waals surface area contributed by atoms with Crippen LogP contribution in [0.15, 0.2) is 0 Å². The Kier molecular flexibility index (Phi) is 9.44. The van der Waals surface area contributed by atoms with Crippen LogP contribution in [0.3, 0.4) is 0 Å². The van der Waals surface area contributed by atoms with Gasteiger partial charge in [-0.15, -0.1) is 0 Å². The van der Waals surface area contributed by atoms with Crippen molar-refractivity contribution in [1.29, 1.82) is 0 Å². The molecule has 0 amide bonds. The lowest BCUT2D eigenvalue weighted by Crippen LogP contribution is -2.34. The zero-order valence-corrected chi connectivity index (χ0v) is 13.6. The first kappa shape index (κ1) is 17.3. The van der Waals surface area contributed by atoms with E-state index in [1.807, 2.05) is 0 Å². The summed E-state index contributed by atoms with van der Waals surface area (Å²) in [5.74, 6) is 2.10. The average Bonchev–Trinajstić information content (AvgIpc) is 2.21. The van der Waals surface area contributed by atoms with Crippen molar-refractivity contribution in [2.75, 3.05) is 12.3 Å². The highest BCUT2D eigenvalue weighted by Gasteiger charge is 2.17. The molecule has 0 aromatic rings. The fourth-order valence-corrected chi connectivity index (χ4v) is 2.96. The summed E-state index contributed by atoms with van der Waals surface area (Å²) in [6, 6.07) is 0.695. The Balaban J connectivity index is 4.04. The van der Waals surface area contributed by atoms with Gasteiger partial charge in [0, 0.05) is 16.5 Å². The van der Waals surface area contributed by atoms with Crippen molar-refractivity contribution < 1.29 is 0 Å². The van der Waals surface area contributed by atoms with Gasteiger partial charge in [0.1, 0.15) is 0 Å². The van der Waals surface area contributed by atoms with Crippen LogP contribution in [-0.2, 0) is 0 Å². The van der Waals surface area contributed by atoms with Crippen molar-refractivity contribution in [1.82, 2.24) is 5.32 Å². The number of hydrogen-bond acceptors (Lipinski definition) is 2. The van der Waals surface area contributed by atoms with E-state index in [9.17, 15) is 0 Å². The Morgan fingerprint density at radius 3 is 2.24 bits per heavy atom. The Bertz CT molecular complexity index is 174. The second-order valence-electron chi connectivity index (χ2n) is 6.20. The molecule has 2 atom stereocenters. The monoisotopic (exact) mass is 259 g/mol. The fraction of sp³-hybridized carbons (Fsp3) is 1.00. The molecular weight excluding hydrogens is 226 g/mol. The first-order valence-corrected chi connectivity index (χ1v) is 8.25. The molecule has 1 N–H and O–H groups in total. The molecule has 1 nitrogen and oxygen atoms in total. The standard InChI is InChI=1S/C15H33NS/c1-7-9-13(3)11-14(16-10-8-2)12-17-15(4,5)6/h13-14,16H,7-12H2,1-6H3. The van der Waals surface area contributed by atoms with Gasteiger partial charge in [0.25, 0.3) is 0 Å². The molecule has 0 saturated carbocycles. The van der Waals surface area contributed by atoms with Crippen molar-refractivity contribution >= 4 is 11.8 Å². The summed E-state index contributed by atoms with van der Waals surface area (Å²) in [4.78, 5) is 0. The molecule has 0 heterocycles. The molecule has 2 heteroatoms. The highest BCUT2D eigenvalue weighted by Crippen LogP contribution is 2.25. The summed E-state index contributed by atoms with van der Waals surface area (Å²) >= 11 is 2.09. The maximum absolute atomic E-state index is 3.71. The summed E-state index contributed by atoms with van der Waals surface area (Å²) in [6.07, 6.45) is 5.24. The van der Waals surface area contributed by atoms with E-state index in [-0.39, 0.29) is 0 Å². The van der Waals surface area contributed by atoms with Crippen LogP contribution in [0.25, 0.3) is 0 Å². The van der Waals surface area contributed by atoms with E-state index in [0.717, 1.165) is 12.5 Å². The predicted molar refractivity (Wildman–Crippen MR) is 83.0 cm³/mol. The Morgan fingerprint density at radius 2 is 1.76 bits per heavy atom. The first-order valence-electron chi connectivity index (χ1n) is 7.26. The molecule has 0 aliphatic heterocycles. The van der Waals surface area contributed by atoms with Gasteiger partial charge >= 0.3 is 0 Å². The van der Waals surface area contributed by atoms with E-state index in [1.165, 1.54) is 31.4 Å². The summed E-state index contributed by atoms with van der Waals surface area (Å²) in [6.45, 7) is 15.0. The van der Waals surface area contributed by atoms with Crippen LogP contribution < -0.4 is 5.32 Å². The fourth-order valence-electron chi connectivity index (χ4n) is 2.01. The van der Waals surface area contributed by atoms with Crippen LogP contribution in [0.4, 0.5) is 0 Å². The largest absolute Gasteiger partial charge is 0.313 e. The third kappa shape index (κ3) is 11.1. The number of nitrogens with one attached hydrogen (secondary N) is 1. The Hall–Kier alpha value is 0.310. The molecule has 0 aliphatic rings. The van der Waals surface area contributed by atoms with E-state index in [4.69, 9.17) is 0 Å². The topological polar surface area (TPSA) is 12.0 Å². The van der Waals surface area contributed by atoms with E-state index in [0.29, 0.717) is 10.8 Å². The van der Waals surface area contributed by atoms with Crippen LogP contribution in [-0.4, -0.2) is 23.1 Å². The van der Waals surface area contributed by atoms with Crippen molar-refractivity contribution in [3.05, 3.63) is 0 Å². The minimum atomic E-state index is 0.389. The van der Waals surface area contributed by atoms with Crippen molar-refractivity contribution in [2.45, 2.75) is 78.0 Å². The number of thioether (sulfide) groups is 1. The predicted octanol–water partition coefficient (Wildman–Crippen LogP) is 4.71. The Morgan fingerprint density at radius 1 is 1.12 bits per heavy atom. The van der Waals surface area contributed by atoms with Gasteiger partial charge < -0.3 is 5.32 Å². The van der Waals surface area contributed by atoms with Crippen LogP contribution in [0, 0.1) is 5.92 Å².